The number of rotatable bonds is 2. The van der Waals surface area contributed by atoms with Crippen LogP contribution >= 0.6 is 0 Å². The number of carboxylic acid groups (broad SMARTS) is 1. The Kier molecular flexibility index (Phi) is 3.15. The van der Waals surface area contributed by atoms with Gasteiger partial charge in [0.05, 0.1) is 0 Å². The summed E-state index contributed by atoms with van der Waals surface area (Å²) in [6.07, 6.45) is 4.47. The first-order chi connectivity index (χ1) is 7.93. The maximum absolute atomic E-state index is 12.4. The Morgan fingerprint density at radius 2 is 1.94 bits per heavy atom. The molecule has 1 amide bonds. The summed E-state index contributed by atoms with van der Waals surface area (Å²) in [6, 6.07) is -0.584. The minimum absolute atomic E-state index is 0.0162. The van der Waals surface area contributed by atoms with Gasteiger partial charge in [-0.05, 0) is 31.1 Å². The van der Waals surface area contributed by atoms with Crippen molar-refractivity contribution in [2.75, 3.05) is 6.54 Å². The van der Waals surface area contributed by atoms with E-state index in [2.05, 4.69) is 13.8 Å². The number of nitrogens with zero attached hydrogens (tertiary/aromatic N) is 1. The largest absolute Gasteiger partial charge is 0.480 e. The second-order valence-corrected chi connectivity index (χ2v) is 5.96. The van der Waals surface area contributed by atoms with Crippen molar-refractivity contribution in [1.82, 2.24) is 4.90 Å². The zero-order valence-corrected chi connectivity index (χ0v) is 10.6. The van der Waals surface area contributed by atoms with Crippen molar-refractivity contribution < 1.29 is 14.7 Å². The fourth-order valence-electron chi connectivity index (χ4n) is 3.27. The van der Waals surface area contributed by atoms with Crippen LogP contribution in [0, 0.1) is 11.3 Å². The number of amides is 1. The second kappa shape index (κ2) is 4.31. The Balaban J connectivity index is 2.12. The summed E-state index contributed by atoms with van der Waals surface area (Å²) in [4.78, 5) is 25.1. The Labute approximate surface area is 102 Å². The Bertz CT molecular complexity index is 338. The standard InChI is InChI=1S/C13H21NO3/c1-13(2)7-3-5-9(13)11(15)14-8-4-6-10(14)12(16)17/h9-10H,3-8H2,1-2H3,(H,16,17)/t9?,10-/m0/s1. The van der Waals surface area contributed by atoms with Gasteiger partial charge in [-0.25, -0.2) is 4.79 Å². The number of carbonyl (C=O) groups excluding carboxylic acids is 1. The van der Waals surface area contributed by atoms with Gasteiger partial charge in [-0.1, -0.05) is 20.3 Å². The molecule has 2 aliphatic rings. The Morgan fingerprint density at radius 1 is 1.24 bits per heavy atom. The predicted molar refractivity (Wildman–Crippen MR) is 63.5 cm³/mol. The van der Waals surface area contributed by atoms with Crippen LogP contribution in [0.4, 0.5) is 0 Å². The van der Waals surface area contributed by atoms with Crippen molar-refractivity contribution >= 4 is 11.9 Å². The number of hydrogen-bond acceptors (Lipinski definition) is 2. The molecule has 1 unspecified atom stereocenters. The third-order valence-corrected chi connectivity index (χ3v) is 4.38. The first-order valence-electron chi connectivity index (χ1n) is 6.47. The highest BCUT2D eigenvalue weighted by molar-refractivity contribution is 5.86. The van der Waals surface area contributed by atoms with Gasteiger partial charge in [-0.15, -0.1) is 0 Å². The number of carbonyl (C=O) groups is 2. The van der Waals surface area contributed by atoms with E-state index in [4.69, 9.17) is 5.11 Å². The number of likely N-dealkylation sites (tertiary alicyclic amines) is 1. The van der Waals surface area contributed by atoms with Gasteiger partial charge in [0.2, 0.25) is 5.91 Å². The molecular formula is C13H21NO3. The molecule has 1 saturated carbocycles. The minimum atomic E-state index is -0.855. The van der Waals surface area contributed by atoms with Crippen molar-refractivity contribution in [3.8, 4) is 0 Å². The van der Waals surface area contributed by atoms with E-state index in [9.17, 15) is 9.59 Å². The van der Waals surface area contributed by atoms with Crippen LogP contribution in [-0.4, -0.2) is 34.5 Å². The lowest BCUT2D eigenvalue weighted by Crippen LogP contribution is -2.45. The van der Waals surface area contributed by atoms with Gasteiger partial charge in [0.15, 0.2) is 0 Å². The van der Waals surface area contributed by atoms with Crippen LogP contribution < -0.4 is 0 Å². The van der Waals surface area contributed by atoms with Gasteiger partial charge in [-0.3, -0.25) is 4.79 Å². The molecule has 1 saturated heterocycles. The molecule has 1 heterocycles. The Morgan fingerprint density at radius 3 is 2.47 bits per heavy atom. The molecule has 2 atom stereocenters. The molecule has 1 aliphatic carbocycles. The van der Waals surface area contributed by atoms with Crippen molar-refractivity contribution in [2.24, 2.45) is 11.3 Å². The molecular weight excluding hydrogens is 218 g/mol. The molecule has 1 N–H and O–H groups in total. The van der Waals surface area contributed by atoms with E-state index in [-0.39, 0.29) is 17.2 Å². The van der Waals surface area contributed by atoms with Crippen LogP contribution in [-0.2, 0) is 9.59 Å². The number of aliphatic carboxylic acids is 1. The summed E-state index contributed by atoms with van der Waals surface area (Å²) >= 11 is 0. The normalized spacial score (nSPS) is 31.8. The maximum Gasteiger partial charge on any atom is 0.326 e. The summed E-state index contributed by atoms with van der Waals surface area (Å²) in [5.41, 5.74) is 0.0305. The molecule has 0 bridgehead atoms. The van der Waals surface area contributed by atoms with E-state index in [1.807, 2.05) is 0 Å². The molecule has 0 aromatic carbocycles. The molecule has 4 nitrogen and oxygen atoms in total. The average Bonchev–Trinajstić information content (AvgIpc) is 2.82. The lowest BCUT2D eigenvalue weighted by atomic mass is 9.81. The average molecular weight is 239 g/mol. The summed E-state index contributed by atoms with van der Waals surface area (Å²) in [5, 5.41) is 9.11. The molecule has 0 aromatic rings. The van der Waals surface area contributed by atoms with Crippen LogP contribution in [0.2, 0.25) is 0 Å². The minimum Gasteiger partial charge on any atom is -0.480 e. The van der Waals surface area contributed by atoms with Crippen LogP contribution in [0.25, 0.3) is 0 Å². The van der Waals surface area contributed by atoms with Crippen LogP contribution in [0.15, 0.2) is 0 Å². The monoisotopic (exact) mass is 239 g/mol. The highest BCUT2D eigenvalue weighted by Crippen LogP contribution is 2.44. The van der Waals surface area contributed by atoms with Gasteiger partial charge in [0, 0.05) is 12.5 Å². The van der Waals surface area contributed by atoms with E-state index >= 15 is 0 Å². The summed E-state index contributed by atoms with van der Waals surface area (Å²) in [5.74, 6) is -0.772. The van der Waals surface area contributed by atoms with E-state index < -0.39 is 12.0 Å². The Hall–Kier alpha value is -1.06. The molecule has 0 radical (unpaired) electrons. The van der Waals surface area contributed by atoms with Gasteiger partial charge >= 0.3 is 5.97 Å². The number of hydrogen-bond donors (Lipinski definition) is 1. The third kappa shape index (κ3) is 2.17. The lowest BCUT2D eigenvalue weighted by molar-refractivity contribution is -0.151. The van der Waals surface area contributed by atoms with Gasteiger partial charge < -0.3 is 10.0 Å². The van der Waals surface area contributed by atoms with Crippen LogP contribution in [0.3, 0.4) is 0 Å². The lowest BCUT2D eigenvalue weighted by Gasteiger charge is -2.31. The maximum atomic E-state index is 12.4. The predicted octanol–water partition coefficient (Wildman–Crippen LogP) is 1.89. The highest BCUT2D eigenvalue weighted by Gasteiger charge is 2.44. The van der Waals surface area contributed by atoms with E-state index in [0.29, 0.717) is 13.0 Å². The van der Waals surface area contributed by atoms with Crippen molar-refractivity contribution in [3.05, 3.63) is 0 Å². The fourth-order valence-corrected chi connectivity index (χ4v) is 3.27. The number of carboxylic acids is 1. The van der Waals surface area contributed by atoms with Gasteiger partial charge in [-0.2, -0.15) is 0 Å². The van der Waals surface area contributed by atoms with Gasteiger partial charge in [0.1, 0.15) is 6.04 Å². The molecule has 17 heavy (non-hydrogen) atoms. The fraction of sp³-hybridized carbons (Fsp3) is 0.846. The third-order valence-electron chi connectivity index (χ3n) is 4.38. The molecule has 4 heteroatoms. The first-order valence-corrected chi connectivity index (χ1v) is 6.47. The topological polar surface area (TPSA) is 57.6 Å². The van der Waals surface area contributed by atoms with E-state index in [1.54, 1.807) is 4.90 Å². The SMILES string of the molecule is CC1(C)CCCC1C(=O)N1CCC[C@H]1C(=O)O. The van der Waals surface area contributed by atoms with Crippen LogP contribution in [0.1, 0.15) is 46.0 Å². The zero-order valence-electron chi connectivity index (χ0n) is 10.6. The van der Waals surface area contributed by atoms with Crippen molar-refractivity contribution in [1.29, 1.82) is 0 Å². The van der Waals surface area contributed by atoms with Crippen LogP contribution in [0.5, 0.6) is 0 Å². The van der Waals surface area contributed by atoms with E-state index in [0.717, 1.165) is 25.7 Å². The highest BCUT2D eigenvalue weighted by atomic mass is 16.4. The smallest absolute Gasteiger partial charge is 0.326 e. The molecule has 2 rings (SSSR count). The molecule has 96 valence electrons. The molecule has 2 fully saturated rings. The summed E-state index contributed by atoms with van der Waals surface area (Å²) in [7, 11) is 0. The summed E-state index contributed by atoms with van der Waals surface area (Å²) < 4.78 is 0. The van der Waals surface area contributed by atoms with Crippen molar-refractivity contribution in [2.45, 2.75) is 52.0 Å². The quantitative estimate of drug-likeness (QED) is 0.800. The summed E-state index contributed by atoms with van der Waals surface area (Å²) in [6.45, 7) is 4.85. The van der Waals surface area contributed by atoms with Gasteiger partial charge in [0.25, 0.3) is 0 Å². The molecule has 0 aromatic heterocycles. The zero-order chi connectivity index (χ0) is 12.6. The molecule has 1 aliphatic heterocycles. The van der Waals surface area contributed by atoms with Crippen molar-refractivity contribution in [3.63, 3.8) is 0 Å². The second-order valence-electron chi connectivity index (χ2n) is 5.96. The molecule has 0 spiro atoms. The van der Waals surface area contributed by atoms with E-state index in [1.165, 1.54) is 0 Å². The first kappa shape index (κ1) is 12.4.